The molecule has 5 rings (SSSR count). The number of anilines is 1. The van der Waals surface area contributed by atoms with Crippen molar-refractivity contribution in [1.29, 1.82) is 0 Å². The number of carbonyl (C=O) groups excluding carboxylic acids is 2. The Morgan fingerprint density at radius 1 is 1.00 bits per heavy atom. The fourth-order valence-corrected chi connectivity index (χ4v) is 5.63. The molecule has 2 aliphatic rings. The van der Waals surface area contributed by atoms with Gasteiger partial charge in [-0.05, 0) is 43.7 Å². The summed E-state index contributed by atoms with van der Waals surface area (Å²) in [6.07, 6.45) is 3.09. The molecule has 2 aliphatic heterocycles. The Labute approximate surface area is 184 Å². The number of benzene rings is 1. The quantitative estimate of drug-likeness (QED) is 0.560. The first-order chi connectivity index (χ1) is 15.3. The lowest BCUT2D eigenvalue weighted by Gasteiger charge is -2.26. The Balaban J connectivity index is 1.69. The zero-order chi connectivity index (χ0) is 22.6. The maximum Gasteiger partial charge on any atom is 0.268 e. The fourth-order valence-electron chi connectivity index (χ4n) is 4.20. The molecule has 2 amide bonds. The van der Waals surface area contributed by atoms with Crippen LogP contribution in [0.2, 0.25) is 0 Å². The van der Waals surface area contributed by atoms with Crippen LogP contribution in [0.25, 0.3) is 10.9 Å². The molecule has 0 atom stereocenters. The Morgan fingerprint density at radius 2 is 1.72 bits per heavy atom. The number of nitrogens with zero attached hydrogens (tertiary/aromatic N) is 4. The van der Waals surface area contributed by atoms with Crippen LogP contribution in [0.3, 0.4) is 0 Å². The van der Waals surface area contributed by atoms with Crippen molar-refractivity contribution >= 4 is 38.4 Å². The molecule has 32 heavy (non-hydrogen) atoms. The molecule has 1 aromatic carbocycles. The van der Waals surface area contributed by atoms with E-state index in [1.54, 1.807) is 32.2 Å². The van der Waals surface area contributed by atoms with E-state index in [4.69, 9.17) is 4.74 Å². The van der Waals surface area contributed by atoms with E-state index in [1.165, 1.54) is 22.6 Å². The number of imide groups is 1. The van der Waals surface area contributed by atoms with Crippen LogP contribution in [-0.4, -0.2) is 60.8 Å². The number of hydrogen-bond donors (Lipinski definition) is 0. The highest BCUT2D eigenvalue weighted by Crippen LogP contribution is 2.36. The number of aryl methyl sites for hydroxylation is 2. The number of hydrogen-bond acceptors (Lipinski definition) is 7. The lowest BCUT2D eigenvalue weighted by Crippen LogP contribution is -2.40. The van der Waals surface area contributed by atoms with E-state index in [1.807, 2.05) is 0 Å². The number of amides is 2. The summed E-state index contributed by atoms with van der Waals surface area (Å²) < 4.78 is 32.9. The number of rotatable bonds is 3. The predicted molar refractivity (Wildman–Crippen MR) is 116 cm³/mol. The molecule has 164 valence electrons. The van der Waals surface area contributed by atoms with Crippen molar-refractivity contribution < 1.29 is 22.7 Å². The monoisotopic (exact) mass is 452 g/mol. The summed E-state index contributed by atoms with van der Waals surface area (Å²) in [6.45, 7) is 4.62. The first-order valence-corrected chi connectivity index (χ1v) is 11.6. The van der Waals surface area contributed by atoms with Crippen LogP contribution in [0, 0.1) is 13.8 Å². The van der Waals surface area contributed by atoms with Gasteiger partial charge in [-0.1, -0.05) is 0 Å². The maximum absolute atomic E-state index is 13.5. The predicted octanol–water partition coefficient (Wildman–Crippen LogP) is 2.07. The molecule has 0 spiro atoms. The van der Waals surface area contributed by atoms with Crippen LogP contribution < -0.4 is 4.90 Å². The summed E-state index contributed by atoms with van der Waals surface area (Å²) in [4.78, 5) is 36.4. The second kappa shape index (κ2) is 7.44. The molecule has 0 aliphatic carbocycles. The van der Waals surface area contributed by atoms with Crippen molar-refractivity contribution in [3.8, 4) is 0 Å². The third-order valence-electron chi connectivity index (χ3n) is 5.81. The third-order valence-corrected chi connectivity index (χ3v) is 7.71. The van der Waals surface area contributed by atoms with E-state index in [2.05, 4.69) is 9.97 Å². The van der Waals surface area contributed by atoms with Crippen LogP contribution in [0.4, 0.5) is 5.69 Å². The van der Waals surface area contributed by atoms with Crippen molar-refractivity contribution in [1.82, 2.24) is 14.3 Å². The molecule has 0 saturated carbocycles. The minimum absolute atomic E-state index is 0.0542. The number of morpholine rings is 1. The summed E-state index contributed by atoms with van der Waals surface area (Å²) in [5.74, 6) is -0.983. The second-order valence-electron chi connectivity index (χ2n) is 7.75. The van der Waals surface area contributed by atoms with Crippen molar-refractivity contribution in [3.63, 3.8) is 0 Å². The van der Waals surface area contributed by atoms with Gasteiger partial charge in [-0.3, -0.25) is 19.6 Å². The van der Waals surface area contributed by atoms with E-state index in [9.17, 15) is 18.0 Å². The third kappa shape index (κ3) is 3.02. The Bertz CT molecular complexity index is 1400. The summed E-state index contributed by atoms with van der Waals surface area (Å²) in [5, 5.41) is 0.340. The molecule has 0 unspecified atom stereocenters. The van der Waals surface area contributed by atoms with Gasteiger partial charge < -0.3 is 4.74 Å². The minimum Gasteiger partial charge on any atom is -0.379 e. The SMILES string of the molecule is Cc1cnccc1N1C(=O)c2c(C)nc3ccc(S(=O)(=O)N4CCOCC4)cc3c2C1=O. The number of carbonyl (C=O) groups is 2. The molecule has 1 fully saturated rings. The lowest BCUT2D eigenvalue weighted by atomic mass is 10.0. The summed E-state index contributed by atoms with van der Waals surface area (Å²) >= 11 is 0. The molecule has 2 aromatic heterocycles. The van der Waals surface area contributed by atoms with Crippen LogP contribution in [0.5, 0.6) is 0 Å². The molecule has 0 radical (unpaired) electrons. The average Bonchev–Trinajstić information content (AvgIpc) is 3.05. The summed E-state index contributed by atoms with van der Waals surface area (Å²) in [5.41, 5.74) is 2.36. The van der Waals surface area contributed by atoms with Gasteiger partial charge in [0.05, 0.1) is 46.1 Å². The van der Waals surface area contributed by atoms with Gasteiger partial charge in [-0.15, -0.1) is 0 Å². The van der Waals surface area contributed by atoms with Gasteiger partial charge in [0.1, 0.15) is 0 Å². The average molecular weight is 452 g/mol. The van der Waals surface area contributed by atoms with Gasteiger partial charge in [0.15, 0.2) is 0 Å². The molecule has 0 bridgehead atoms. The number of fused-ring (bicyclic) bond motifs is 3. The molecule has 4 heterocycles. The lowest BCUT2D eigenvalue weighted by molar-refractivity contribution is 0.0730. The van der Waals surface area contributed by atoms with E-state index in [0.29, 0.717) is 41.1 Å². The second-order valence-corrected chi connectivity index (χ2v) is 9.69. The standard InChI is InChI=1S/C22H20N4O5S/c1-13-12-23-6-5-18(13)26-21(27)19-14(2)24-17-4-3-15(11-16(17)20(19)22(26)28)32(29,30)25-7-9-31-10-8-25/h3-6,11-12H,7-10H2,1-2H3. The van der Waals surface area contributed by atoms with E-state index >= 15 is 0 Å². The molecular weight excluding hydrogens is 432 g/mol. The zero-order valence-corrected chi connectivity index (χ0v) is 18.3. The van der Waals surface area contributed by atoms with Gasteiger partial charge in [0.25, 0.3) is 11.8 Å². The zero-order valence-electron chi connectivity index (χ0n) is 17.5. The van der Waals surface area contributed by atoms with Crippen LogP contribution in [0.15, 0.2) is 41.6 Å². The molecular formula is C22H20N4O5S. The summed E-state index contributed by atoms with van der Waals surface area (Å²) in [6, 6.07) is 6.11. The maximum atomic E-state index is 13.5. The molecule has 3 aromatic rings. The highest BCUT2D eigenvalue weighted by Gasteiger charge is 2.41. The molecule has 1 saturated heterocycles. The topological polar surface area (TPSA) is 110 Å². The molecule has 9 nitrogen and oxygen atoms in total. The number of aromatic nitrogens is 2. The van der Waals surface area contributed by atoms with Gasteiger partial charge in [0, 0.05) is 30.9 Å². The first-order valence-electron chi connectivity index (χ1n) is 10.1. The highest BCUT2D eigenvalue weighted by atomic mass is 32.2. The Hall–Kier alpha value is -3.21. The van der Waals surface area contributed by atoms with Gasteiger partial charge >= 0.3 is 0 Å². The van der Waals surface area contributed by atoms with E-state index in [-0.39, 0.29) is 29.1 Å². The molecule has 0 N–H and O–H groups in total. The van der Waals surface area contributed by atoms with E-state index < -0.39 is 21.8 Å². The highest BCUT2D eigenvalue weighted by molar-refractivity contribution is 7.89. The Kier molecular flexibility index (Phi) is 4.81. The van der Waals surface area contributed by atoms with E-state index in [0.717, 1.165) is 4.90 Å². The van der Waals surface area contributed by atoms with Crippen LogP contribution >= 0.6 is 0 Å². The van der Waals surface area contributed by atoms with Crippen molar-refractivity contribution in [3.05, 3.63) is 59.0 Å². The number of ether oxygens (including phenoxy) is 1. The van der Waals surface area contributed by atoms with Gasteiger partial charge in [-0.25, -0.2) is 13.3 Å². The minimum atomic E-state index is -3.78. The van der Waals surface area contributed by atoms with Gasteiger partial charge in [0.2, 0.25) is 10.0 Å². The Morgan fingerprint density at radius 3 is 2.44 bits per heavy atom. The normalized spacial score (nSPS) is 17.2. The van der Waals surface area contributed by atoms with Crippen LogP contribution in [0.1, 0.15) is 32.0 Å². The van der Waals surface area contributed by atoms with Crippen molar-refractivity contribution in [2.75, 3.05) is 31.2 Å². The van der Waals surface area contributed by atoms with Crippen LogP contribution in [-0.2, 0) is 14.8 Å². The van der Waals surface area contributed by atoms with Crippen molar-refractivity contribution in [2.24, 2.45) is 0 Å². The molecule has 10 heteroatoms. The largest absolute Gasteiger partial charge is 0.379 e. The first kappa shape index (κ1) is 20.7. The van der Waals surface area contributed by atoms with Gasteiger partial charge in [-0.2, -0.15) is 4.31 Å². The smallest absolute Gasteiger partial charge is 0.268 e. The number of pyridine rings is 2. The van der Waals surface area contributed by atoms with Crippen molar-refractivity contribution in [2.45, 2.75) is 18.7 Å². The summed E-state index contributed by atoms with van der Waals surface area (Å²) in [7, 11) is -3.78. The number of sulfonamides is 1. The fraction of sp³-hybridized carbons (Fsp3) is 0.273.